The first-order chi connectivity index (χ1) is 16.4. The second kappa shape index (κ2) is 11.3. The largest absolute Gasteiger partial charge is 0.508 e. The molecule has 0 radical (unpaired) electrons. The fraction of sp³-hybridized carbons (Fsp3) is 0.348. The lowest BCUT2D eigenvalue weighted by atomic mass is 9.93. The summed E-state index contributed by atoms with van der Waals surface area (Å²) in [6, 6.07) is 5.65. The number of nitrogens with zero attached hydrogens (tertiary/aromatic N) is 4. The van der Waals surface area contributed by atoms with Gasteiger partial charge in [-0.3, -0.25) is 19.6 Å². The Morgan fingerprint density at radius 3 is 2.74 bits per heavy atom. The maximum Gasteiger partial charge on any atom is 0.290 e. The maximum atomic E-state index is 14.6. The van der Waals surface area contributed by atoms with Gasteiger partial charge < -0.3 is 14.9 Å². The number of halogens is 1. The Kier molecular flexibility index (Phi) is 8.24. The first-order valence-electron chi connectivity index (χ1n) is 10.6. The Bertz CT molecular complexity index is 1230. The first kappa shape index (κ1) is 24.8. The van der Waals surface area contributed by atoms with E-state index in [0.717, 1.165) is 25.7 Å². The number of aromatic amines is 1. The normalized spacial score (nSPS) is 13.7. The number of aromatic nitrogens is 3. The number of hydrogen-bond donors (Lipinski definition) is 3. The van der Waals surface area contributed by atoms with Crippen molar-refractivity contribution < 1.29 is 28.9 Å². The molecule has 178 valence electrons. The summed E-state index contributed by atoms with van der Waals surface area (Å²) < 4.78 is 19.9. The zero-order chi connectivity index (χ0) is 24.7. The zero-order valence-electron chi connectivity index (χ0n) is 18.5. The molecule has 3 N–H and O–H groups in total. The molecule has 0 bridgehead atoms. The molecule has 2 aromatic heterocycles. The van der Waals surface area contributed by atoms with Crippen LogP contribution in [-0.2, 0) is 9.53 Å². The molecular formula is C23H24FN5O5. The van der Waals surface area contributed by atoms with Crippen molar-refractivity contribution in [2.45, 2.75) is 19.8 Å². The minimum absolute atomic E-state index is 0.0120. The summed E-state index contributed by atoms with van der Waals surface area (Å²) >= 11 is 0. The van der Waals surface area contributed by atoms with Gasteiger partial charge in [-0.1, -0.05) is 0 Å². The summed E-state index contributed by atoms with van der Waals surface area (Å²) in [5, 5.41) is 33.7. The van der Waals surface area contributed by atoms with Gasteiger partial charge in [0.15, 0.2) is 11.4 Å². The number of hydrogen-bond acceptors (Lipinski definition) is 8. The highest BCUT2D eigenvalue weighted by Gasteiger charge is 2.25. The number of H-pyrrole nitrogens is 1. The number of carboxylic acid groups (broad SMARTS) is 1. The number of phenolic OH excluding ortho intramolecular Hbond substituents is 1. The van der Waals surface area contributed by atoms with E-state index in [4.69, 9.17) is 14.6 Å². The number of ether oxygens (including phenoxy) is 1. The van der Waals surface area contributed by atoms with E-state index in [2.05, 4.69) is 26.2 Å². The van der Waals surface area contributed by atoms with Crippen LogP contribution in [0.15, 0.2) is 18.2 Å². The number of pyridine rings is 1. The molecule has 1 saturated heterocycles. The molecule has 0 amide bonds. The molecule has 34 heavy (non-hydrogen) atoms. The topological polar surface area (TPSA) is 152 Å². The molecule has 0 atom stereocenters. The summed E-state index contributed by atoms with van der Waals surface area (Å²) in [7, 11) is 0. The highest BCUT2D eigenvalue weighted by Crippen LogP contribution is 2.33. The lowest BCUT2D eigenvalue weighted by molar-refractivity contribution is -0.122. The lowest BCUT2D eigenvalue weighted by Crippen LogP contribution is -2.36. The van der Waals surface area contributed by atoms with E-state index in [-0.39, 0.29) is 52.5 Å². The van der Waals surface area contributed by atoms with Crippen molar-refractivity contribution in [3.63, 3.8) is 0 Å². The number of aromatic hydroxyl groups is 1. The van der Waals surface area contributed by atoms with Crippen LogP contribution in [0.3, 0.4) is 0 Å². The van der Waals surface area contributed by atoms with Gasteiger partial charge in [0.05, 0.1) is 35.4 Å². The molecule has 1 fully saturated rings. The summed E-state index contributed by atoms with van der Waals surface area (Å²) in [5.74, 6) is -1.18. The molecule has 0 unspecified atom stereocenters. The van der Waals surface area contributed by atoms with Gasteiger partial charge >= 0.3 is 0 Å². The smallest absolute Gasteiger partial charge is 0.290 e. The lowest BCUT2D eigenvalue weighted by Gasteiger charge is -2.26. The van der Waals surface area contributed by atoms with Crippen molar-refractivity contribution in [3.8, 4) is 23.1 Å². The third kappa shape index (κ3) is 5.36. The zero-order valence-corrected chi connectivity index (χ0v) is 18.5. The number of Topliss-reactive ketones (excluding diaryl/α,β-unsaturated/α-hetero) is 1. The van der Waals surface area contributed by atoms with Crippen LogP contribution in [0.25, 0.3) is 22.3 Å². The number of carbonyl (C=O) groups is 2. The van der Waals surface area contributed by atoms with Crippen LogP contribution in [0.2, 0.25) is 0 Å². The standard InChI is InChI=1S/C22H22FN5O3.CH2O2/c1-13-19-20(18(30)3-2-6-28-7-9-31-10-8-28)16(12-24)21(25-22(19)27-26-13)15-5-4-14(29)11-17(15)23;2-1-3/h4-5,11,29H,2-3,6-10H2,1H3,(H,25,26,27);1H,(H,2,3). The van der Waals surface area contributed by atoms with Crippen molar-refractivity contribution in [1.82, 2.24) is 20.1 Å². The van der Waals surface area contributed by atoms with Gasteiger partial charge in [0.25, 0.3) is 6.47 Å². The molecule has 1 aliphatic rings. The maximum absolute atomic E-state index is 14.6. The van der Waals surface area contributed by atoms with Crippen LogP contribution in [0, 0.1) is 24.1 Å². The third-order valence-corrected chi connectivity index (χ3v) is 5.46. The van der Waals surface area contributed by atoms with E-state index in [1.807, 2.05) is 0 Å². The molecule has 0 spiro atoms. The fourth-order valence-corrected chi connectivity index (χ4v) is 3.89. The van der Waals surface area contributed by atoms with E-state index in [0.29, 0.717) is 30.7 Å². The van der Waals surface area contributed by atoms with Crippen LogP contribution < -0.4 is 0 Å². The Morgan fingerprint density at radius 2 is 2.09 bits per heavy atom. The van der Waals surface area contributed by atoms with Gasteiger partial charge in [-0.25, -0.2) is 9.37 Å². The van der Waals surface area contributed by atoms with Crippen molar-refractivity contribution in [2.24, 2.45) is 0 Å². The predicted octanol–water partition coefficient (Wildman–Crippen LogP) is 2.65. The molecule has 11 heteroatoms. The van der Waals surface area contributed by atoms with Crippen molar-refractivity contribution in [2.75, 3.05) is 32.8 Å². The number of carbonyl (C=O) groups excluding carboxylic acids is 1. The number of nitriles is 1. The Hall–Kier alpha value is -3.88. The average molecular weight is 469 g/mol. The number of phenols is 1. The quantitative estimate of drug-likeness (QED) is 0.365. The SMILES string of the molecule is Cc1[nH]nc2nc(-c3ccc(O)cc3F)c(C#N)c(C(=O)CCCN3CCOCC3)c12.O=CO. The van der Waals surface area contributed by atoms with Gasteiger partial charge in [-0.05, 0) is 32.0 Å². The van der Waals surface area contributed by atoms with Crippen molar-refractivity contribution in [3.05, 3.63) is 40.8 Å². The van der Waals surface area contributed by atoms with E-state index in [1.54, 1.807) is 6.92 Å². The van der Waals surface area contributed by atoms with Gasteiger partial charge in [0, 0.05) is 36.8 Å². The van der Waals surface area contributed by atoms with E-state index in [1.165, 1.54) is 12.1 Å². The average Bonchev–Trinajstić information content (AvgIpc) is 3.19. The molecular weight excluding hydrogens is 445 g/mol. The minimum atomic E-state index is -0.735. The van der Waals surface area contributed by atoms with Crippen molar-refractivity contribution >= 4 is 23.3 Å². The highest BCUT2D eigenvalue weighted by atomic mass is 19.1. The van der Waals surface area contributed by atoms with Crippen LogP contribution in [0.4, 0.5) is 4.39 Å². The molecule has 0 aliphatic carbocycles. The summed E-state index contributed by atoms with van der Waals surface area (Å²) in [6.07, 6.45) is 0.876. The summed E-state index contributed by atoms with van der Waals surface area (Å²) in [5.41, 5.74) is 1.15. The van der Waals surface area contributed by atoms with Crippen LogP contribution in [0.5, 0.6) is 5.75 Å². The highest BCUT2D eigenvalue weighted by molar-refractivity contribution is 6.11. The summed E-state index contributed by atoms with van der Waals surface area (Å²) in [6.45, 7) is 5.31. The number of fused-ring (bicyclic) bond motifs is 1. The van der Waals surface area contributed by atoms with E-state index in [9.17, 15) is 19.6 Å². The van der Waals surface area contributed by atoms with Crippen molar-refractivity contribution in [1.29, 1.82) is 5.26 Å². The predicted molar refractivity (Wildman–Crippen MR) is 120 cm³/mol. The monoisotopic (exact) mass is 469 g/mol. The molecule has 1 aromatic carbocycles. The number of aryl methyl sites for hydroxylation is 1. The molecule has 10 nitrogen and oxygen atoms in total. The number of ketones is 1. The van der Waals surface area contributed by atoms with Gasteiger partial charge in [-0.15, -0.1) is 0 Å². The van der Waals surface area contributed by atoms with E-state index >= 15 is 0 Å². The number of morpholine rings is 1. The Morgan fingerprint density at radius 1 is 1.38 bits per heavy atom. The van der Waals surface area contributed by atoms with Gasteiger partial charge in [-0.2, -0.15) is 10.4 Å². The summed E-state index contributed by atoms with van der Waals surface area (Å²) in [4.78, 5) is 28.2. The minimum Gasteiger partial charge on any atom is -0.508 e. The fourth-order valence-electron chi connectivity index (χ4n) is 3.89. The molecule has 0 saturated carbocycles. The Labute approximate surface area is 194 Å². The first-order valence-corrected chi connectivity index (χ1v) is 10.6. The van der Waals surface area contributed by atoms with Crippen LogP contribution in [-0.4, -0.2) is 75.4 Å². The van der Waals surface area contributed by atoms with E-state index < -0.39 is 5.82 Å². The molecule has 4 rings (SSSR count). The van der Waals surface area contributed by atoms with Crippen LogP contribution in [0.1, 0.15) is 34.5 Å². The molecule has 3 aromatic rings. The molecule has 3 heterocycles. The number of benzene rings is 1. The second-order valence-corrected chi connectivity index (χ2v) is 7.62. The van der Waals surface area contributed by atoms with Crippen LogP contribution >= 0.6 is 0 Å². The van der Waals surface area contributed by atoms with Gasteiger partial charge in [0.2, 0.25) is 0 Å². The molecule has 1 aliphatic heterocycles. The number of nitrogens with one attached hydrogen (secondary N) is 1. The Balaban J connectivity index is 0.00000103. The van der Waals surface area contributed by atoms with Gasteiger partial charge in [0.1, 0.15) is 17.6 Å². The second-order valence-electron chi connectivity index (χ2n) is 7.62. The number of rotatable bonds is 6. The third-order valence-electron chi connectivity index (χ3n) is 5.46.